The number of aromatic nitrogens is 2. The summed E-state index contributed by atoms with van der Waals surface area (Å²) >= 11 is 0. The van der Waals surface area contributed by atoms with Crippen molar-refractivity contribution in [1.29, 1.82) is 0 Å². The quantitative estimate of drug-likeness (QED) is 0.146. The van der Waals surface area contributed by atoms with Crippen LogP contribution in [0, 0.1) is 0 Å². The summed E-state index contributed by atoms with van der Waals surface area (Å²) < 4.78 is 19.5. The second kappa shape index (κ2) is 11.4. The molecule has 0 radical (unpaired) electrons. The minimum Gasteiger partial charge on any atom is -0.490 e. The molecule has 0 aliphatic rings. The van der Waals surface area contributed by atoms with Gasteiger partial charge in [-0.1, -0.05) is 43.3 Å². The van der Waals surface area contributed by atoms with Crippen molar-refractivity contribution in [3.63, 3.8) is 0 Å². The van der Waals surface area contributed by atoms with Gasteiger partial charge in [-0.2, -0.15) is 9.78 Å². The van der Waals surface area contributed by atoms with Gasteiger partial charge in [0, 0.05) is 10.9 Å². The highest BCUT2D eigenvalue weighted by Crippen LogP contribution is 2.35. The van der Waals surface area contributed by atoms with Crippen LogP contribution in [-0.2, 0) is 6.42 Å². The van der Waals surface area contributed by atoms with Gasteiger partial charge < -0.3 is 13.9 Å². The van der Waals surface area contributed by atoms with Crippen molar-refractivity contribution in [1.82, 2.24) is 9.66 Å². The second-order valence-electron chi connectivity index (χ2n) is 9.23. The fraction of sp³-hybridized carbons (Fsp3) is 0.219. The van der Waals surface area contributed by atoms with Crippen molar-refractivity contribution in [2.24, 2.45) is 5.10 Å². The lowest BCUT2D eigenvalue weighted by Gasteiger charge is -2.20. The standard InChI is InChI=1S/C32H31N3O4/c1-5-12-24-17-22(18-28(37-7-3)30(24)38-21(4)6-2)20-33-35-31(29-19-23-13-8-11-16-27(23)39-29)34-26-15-10-9-14-25(26)32(35)36/h5,8-11,13-21H,1,6-7,12H2,2-4H3/t21-/m1/s1. The molecule has 2 heterocycles. The van der Waals surface area contributed by atoms with E-state index in [0.29, 0.717) is 52.6 Å². The molecule has 0 amide bonds. The molecule has 0 saturated heterocycles. The molecule has 3 aromatic carbocycles. The Balaban J connectivity index is 1.66. The molecule has 0 fully saturated rings. The minimum atomic E-state index is -0.291. The molecule has 39 heavy (non-hydrogen) atoms. The molecule has 0 N–H and O–H groups in total. The fourth-order valence-corrected chi connectivity index (χ4v) is 4.35. The van der Waals surface area contributed by atoms with Gasteiger partial charge in [0.25, 0.3) is 5.56 Å². The van der Waals surface area contributed by atoms with Crippen molar-refractivity contribution in [3.8, 4) is 23.1 Å². The Bertz CT molecular complexity index is 1700. The lowest BCUT2D eigenvalue weighted by Crippen LogP contribution is -2.20. The van der Waals surface area contributed by atoms with Gasteiger partial charge in [0.05, 0.1) is 29.8 Å². The molecule has 7 heteroatoms. The third-order valence-electron chi connectivity index (χ3n) is 6.43. The Morgan fingerprint density at radius 3 is 2.67 bits per heavy atom. The van der Waals surface area contributed by atoms with Gasteiger partial charge in [-0.3, -0.25) is 4.79 Å². The van der Waals surface area contributed by atoms with Crippen molar-refractivity contribution >= 4 is 28.1 Å². The summed E-state index contributed by atoms with van der Waals surface area (Å²) in [5.74, 6) is 2.10. The van der Waals surface area contributed by atoms with Crippen LogP contribution in [0.1, 0.15) is 38.3 Å². The van der Waals surface area contributed by atoms with Crippen LogP contribution in [0.25, 0.3) is 33.5 Å². The summed E-state index contributed by atoms with van der Waals surface area (Å²) in [5.41, 5.74) is 2.67. The van der Waals surface area contributed by atoms with E-state index in [2.05, 4.69) is 18.6 Å². The van der Waals surface area contributed by atoms with Crippen molar-refractivity contribution in [3.05, 3.63) is 101 Å². The predicted octanol–water partition coefficient (Wildman–Crippen LogP) is 7.00. The Hall–Kier alpha value is -4.65. The molecule has 2 aromatic heterocycles. The fourth-order valence-electron chi connectivity index (χ4n) is 4.35. The first kappa shape index (κ1) is 26.0. The molecule has 1 atom stereocenters. The van der Waals surface area contributed by atoms with E-state index in [1.165, 1.54) is 4.68 Å². The molecule has 0 aliphatic carbocycles. The van der Waals surface area contributed by atoms with E-state index in [9.17, 15) is 4.79 Å². The van der Waals surface area contributed by atoms with E-state index in [1.54, 1.807) is 12.3 Å². The van der Waals surface area contributed by atoms with Gasteiger partial charge in [-0.25, -0.2) is 4.98 Å². The average Bonchev–Trinajstić information content (AvgIpc) is 3.38. The van der Waals surface area contributed by atoms with Crippen LogP contribution in [0.3, 0.4) is 0 Å². The Kier molecular flexibility index (Phi) is 7.59. The summed E-state index contributed by atoms with van der Waals surface area (Å²) in [6.45, 7) is 10.4. The predicted molar refractivity (Wildman–Crippen MR) is 156 cm³/mol. The number of ether oxygens (including phenoxy) is 2. The summed E-state index contributed by atoms with van der Waals surface area (Å²) in [6, 6.07) is 20.6. The van der Waals surface area contributed by atoms with Crippen molar-refractivity contribution in [2.75, 3.05) is 6.61 Å². The molecular weight excluding hydrogens is 490 g/mol. The lowest BCUT2D eigenvalue weighted by molar-refractivity contribution is 0.201. The Morgan fingerprint density at radius 2 is 1.90 bits per heavy atom. The van der Waals surface area contributed by atoms with E-state index in [4.69, 9.17) is 18.9 Å². The van der Waals surface area contributed by atoms with Gasteiger partial charge in [0.2, 0.25) is 5.82 Å². The van der Waals surface area contributed by atoms with E-state index in [-0.39, 0.29) is 11.7 Å². The summed E-state index contributed by atoms with van der Waals surface area (Å²) in [6.07, 6.45) is 4.94. The van der Waals surface area contributed by atoms with Gasteiger partial charge in [-0.05, 0) is 68.7 Å². The normalized spacial score (nSPS) is 12.3. The highest BCUT2D eigenvalue weighted by Gasteiger charge is 2.18. The van der Waals surface area contributed by atoms with Crippen molar-refractivity contribution in [2.45, 2.75) is 39.7 Å². The molecule has 0 aliphatic heterocycles. The van der Waals surface area contributed by atoms with E-state index < -0.39 is 0 Å². The molecule has 0 spiro atoms. The van der Waals surface area contributed by atoms with Crippen LogP contribution in [-0.4, -0.2) is 28.6 Å². The van der Waals surface area contributed by atoms with Crippen LogP contribution >= 0.6 is 0 Å². The monoisotopic (exact) mass is 521 g/mol. The van der Waals surface area contributed by atoms with Crippen LogP contribution in [0.15, 0.2) is 93.7 Å². The zero-order valence-electron chi connectivity index (χ0n) is 22.4. The van der Waals surface area contributed by atoms with Gasteiger partial charge in [-0.15, -0.1) is 6.58 Å². The van der Waals surface area contributed by atoms with Crippen molar-refractivity contribution < 1.29 is 13.9 Å². The molecule has 198 valence electrons. The Labute approximate surface area is 227 Å². The summed E-state index contributed by atoms with van der Waals surface area (Å²) in [7, 11) is 0. The van der Waals surface area contributed by atoms with Crippen LogP contribution < -0.4 is 15.0 Å². The summed E-state index contributed by atoms with van der Waals surface area (Å²) in [4.78, 5) is 18.4. The number of para-hydroxylation sites is 2. The highest BCUT2D eigenvalue weighted by molar-refractivity contribution is 5.85. The maximum atomic E-state index is 13.6. The molecule has 5 rings (SSSR count). The van der Waals surface area contributed by atoms with Crippen LogP contribution in [0.2, 0.25) is 0 Å². The number of fused-ring (bicyclic) bond motifs is 2. The third kappa shape index (κ3) is 5.34. The van der Waals surface area contributed by atoms with E-state index in [1.807, 2.05) is 80.6 Å². The zero-order chi connectivity index (χ0) is 27.4. The number of furan rings is 1. The average molecular weight is 522 g/mol. The maximum Gasteiger partial charge on any atom is 0.282 e. The number of rotatable bonds is 10. The topological polar surface area (TPSA) is 78.9 Å². The first-order valence-corrected chi connectivity index (χ1v) is 13.1. The maximum absolute atomic E-state index is 13.6. The SMILES string of the molecule is C=CCc1cc(C=Nn2c(-c3cc4ccccc4o3)nc3ccccc3c2=O)cc(OCC)c1O[C@H](C)CC. The largest absolute Gasteiger partial charge is 0.490 e. The number of nitrogens with zero attached hydrogens (tertiary/aromatic N) is 3. The molecular formula is C32H31N3O4. The number of hydrogen-bond acceptors (Lipinski definition) is 6. The number of allylic oxidation sites excluding steroid dienone is 1. The first-order chi connectivity index (χ1) is 19.0. The van der Waals surface area contributed by atoms with Crippen LogP contribution in [0.5, 0.6) is 11.5 Å². The smallest absolute Gasteiger partial charge is 0.282 e. The zero-order valence-corrected chi connectivity index (χ0v) is 22.4. The number of hydrogen-bond donors (Lipinski definition) is 0. The number of benzene rings is 3. The minimum absolute atomic E-state index is 0.0286. The molecule has 7 nitrogen and oxygen atoms in total. The van der Waals surface area contributed by atoms with Gasteiger partial charge in [0.15, 0.2) is 17.3 Å². The first-order valence-electron chi connectivity index (χ1n) is 13.1. The van der Waals surface area contributed by atoms with Gasteiger partial charge >= 0.3 is 0 Å². The molecule has 0 bridgehead atoms. The summed E-state index contributed by atoms with van der Waals surface area (Å²) in [5, 5.41) is 6.00. The molecule has 5 aromatic rings. The van der Waals surface area contributed by atoms with E-state index >= 15 is 0 Å². The highest BCUT2D eigenvalue weighted by atomic mass is 16.5. The van der Waals surface area contributed by atoms with Crippen LogP contribution in [0.4, 0.5) is 0 Å². The second-order valence-corrected chi connectivity index (χ2v) is 9.23. The third-order valence-corrected chi connectivity index (χ3v) is 6.43. The van der Waals surface area contributed by atoms with E-state index in [0.717, 1.165) is 22.9 Å². The lowest BCUT2D eigenvalue weighted by atomic mass is 10.1. The Morgan fingerprint density at radius 1 is 1.10 bits per heavy atom. The molecule has 0 saturated carbocycles. The molecule has 0 unspecified atom stereocenters. The van der Waals surface area contributed by atoms with Gasteiger partial charge in [0.1, 0.15) is 5.58 Å².